The highest BCUT2D eigenvalue weighted by Gasteiger charge is 2.25. The Bertz CT molecular complexity index is 1560. The minimum Gasteiger partial charge on any atom is -0.342 e. The molecule has 0 aliphatic rings. The molecular weight excluding hydrogens is 531 g/mol. The fourth-order valence-corrected chi connectivity index (χ4v) is 5.30. The second-order valence-corrected chi connectivity index (χ2v) is 10.5. The number of aromatic nitrogens is 3. The lowest BCUT2D eigenvalue weighted by molar-refractivity contribution is 0.0934. The third-order valence-corrected chi connectivity index (χ3v) is 7.45. The molecule has 0 saturated carbocycles. The molecule has 4 aromatic carbocycles. The molecular formula is C31H26ClFN4OS. The molecule has 1 N–H and O–H groups in total. The molecule has 0 saturated heterocycles. The molecule has 1 atom stereocenters. The van der Waals surface area contributed by atoms with Crippen LogP contribution in [0.3, 0.4) is 0 Å². The zero-order valence-corrected chi connectivity index (χ0v) is 22.8. The Kier molecular flexibility index (Phi) is 8.39. The van der Waals surface area contributed by atoms with Gasteiger partial charge in [0.25, 0.3) is 5.91 Å². The van der Waals surface area contributed by atoms with Crippen molar-refractivity contribution in [2.24, 2.45) is 0 Å². The first-order valence-electron chi connectivity index (χ1n) is 12.5. The molecule has 1 heterocycles. The molecule has 0 fully saturated rings. The molecule has 8 heteroatoms. The minimum absolute atomic E-state index is 0.252. The molecule has 0 radical (unpaired) electrons. The van der Waals surface area contributed by atoms with Gasteiger partial charge >= 0.3 is 0 Å². The Labute approximate surface area is 236 Å². The highest BCUT2D eigenvalue weighted by atomic mass is 35.5. The Balaban J connectivity index is 1.53. The summed E-state index contributed by atoms with van der Waals surface area (Å²) in [6, 6.07) is 30.9. The number of nitrogens with one attached hydrogen (secondary N) is 1. The lowest BCUT2D eigenvalue weighted by Crippen LogP contribution is -2.32. The lowest BCUT2D eigenvalue weighted by atomic mass is 10.0. The van der Waals surface area contributed by atoms with Gasteiger partial charge in [-0.25, -0.2) is 4.39 Å². The number of hydrogen-bond acceptors (Lipinski definition) is 4. The van der Waals surface area contributed by atoms with E-state index in [4.69, 9.17) is 11.6 Å². The van der Waals surface area contributed by atoms with Crippen molar-refractivity contribution < 1.29 is 9.18 Å². The van der Waals surface area contributed by atoms with E-state index in [1.54, 1.807) is 36.4 Å². The fraction of sp³-hybridized carbons (Fsp3) is 0.129. The molecule has 1 amide bonds. The first-order chi connectivity index (χ1) is 19.0. The van der Waals surface area contributed by atoms with E-state index in [0.29, 0.717) is 33.7 Å². The average molecular weight is 557 g/mol. The Morgan fingerprint density at radius 3 is 2.38 bits per heavy atom. The van der Waals surface area contributed by atoms with Crippen LogP contribution in [0, 0.1) is 12.7 Å². The smallest absolute Gasteiger partial charge is 0.251 e. The van der Waals surface area contributed by atoms with Crippen molar-refractivity contribution in [1.82, 2.24) is 20.1 Å². The van der Waals surface area contributed by atoms with Gasteiger partial charge < -0.3 is 5.32 Å². The van der Waals surface area contributed by atoms with E-state index in [1.807, 2.05) is 66.1 Å². The van der Waals surface area contributed by atoms with Gasteiger partial charge in [0.2, 0.25) is 0 Å². The van der Waals surface area contributed by atoms with E-state index in [-0.39, 0.29) is 11.7 Å². The average Bonchev–Trinajstić information content (AvgIpc) is 3.37. The number of aryl methyl sites for hydroxylation is 1. The number of rotatable bonds is 9. The first kappa shape index (κ1) is 26.7. The van der Waals surface area contributed by atoms with E-state index in [0.717, 1.165) is 22.4 Å². The second kappa shape index (κ2) is 12.3. The van der Waals surface area contributed by atoms with Crippen LogP contribution in [0.15, 0.2) is 108 Å². The van der Waals surface area contributed by atoms with Crippen LogP contribution in [0.5, 0.6) is 0 Å². The van der Waals surface area contributed by atoms with Crippen molar-refractivity contribution in [3.05, 3.63) is 142 Å². The van der Waals surface area contributed by atoms with E-state index in [1.165, 1.54) is 23.9 Å². The van der Waals surface area contributed by atoms with E-state index in [9.17, 15) is 9.18 Å². The first-order valence-corrected chi connectivity index (χ1v) is 13.8. The minimum atomic E-state index is -0.479. The SMILES string of the molecule is Cc1ccc(-n2c(SCc3ccc(F)cc3)nnc2C(Cc2ccccc2)NC(=O)c2cccc(Cl)c2)cc1. The van der Waals surface area contributed by atoms with Crippen molar-refractivity contribution in [1.29, 1.82) is 0 Å². The molecule has 0 bridgehead atoms. The predicted octanol–water partition coefficient (Wildman–Crippen LogP) is 7.37. The summed E-state index contributed by atoms with van der Waals surface area (Å²) < 4.78 is 15.4. The van der Waals surface area contributed by atoms with Gasteiger partial charge in [0.05, 0.1) is 6.04 Å². The number of nitrogens with zero attached hydrogens (tertiary/aromatic N) is 3. The van der Waals surface area contributed by atoms with Crippen LogP contribution in [0.4, 0.5) is 4.39 Å². The summed E-state index contributed by atoms with van der Waals surface area (Å²) in [6.45, 7) is 2.03. The number of carbonyl (C=O) groups excluding carboxylic acids is 1. The van der Waals surface area contributed by atoms with E-state index < -0.39 is 6.04 Å². The lowest BCUT2D eigenvalue weighted by Gasteiger charge is -2.20. The zero-order valence-electron chi connectivity index (χ0n) is 21.2. The predicted molar refractivity (Wildman–Crippen MR) is 154 cm³/mol. The van der Waals surface area contributed by atoms with Crippen LogP contribution in [-0.4, -0.2) is 20.7 Å². The number of carbonyl (C=O) groups is 1. The summed E-state index contributed by atoms with van der Waals surface area (Å²) in [7, 11) is 0. The van der Waals surface area contributed by atoms with Crippen LogP contribution in [-0.2, 0) is 12.2 Å². The van der Waals surface area contributed by atoms with Crippen molar-refractivity contribution in [2.45, 2.75) is 30.3 Å². The zero-order chi connectivity index (χ0) is 27.2. The van der Waals surface area contributed by atoms with Crippen LogP contribution in [0.2, 0.25) is 5.02 Å². The summed E-state index contributed by atoms with van der Waals surface area (Å²) in [5.74, 6) is 0.674. The van der Waals surface area contributed by atoms with Crippen LogP contribution in [0.1, 0.15) is 38.9 Å². The van der Waals surface area contributed by atoms with Crippen LogP contribution < -0.4 is 5.32 Å². The number of benzene rings is 4. The molecule has 0 aliphatic heterocycles. The van der Waals surface area contributed by atoms with Crippen molar-refractivity contribution in [3.63, 3.8) is 0 Å². The van der Waals surface area contributed by atoms with Crippen molar-refractivity contribution in [3.8, 4) is 5.69 Å². The van der Waals surface area contributed by atoms with Gasteiger partial charge in [-0.2, -0.15) is 0 Å². The molecule has 0 aliphatic carbocycles. The van der Waals surface area contributed by atoms with Gasteiger partial charge in [-0.05, 0) is 66.9 Å². The highest BCUT2D eigenvalue weighted by molar-refractivity contribution is 7.98. The number of thioether (sulfide) groups is 1. The molecule has 5 aromatic rings. The fourth-order valence-electron chi connectivity index (χ4n) is 4.19. The standard InChI is InChI=1S/C31H26ClFN4OS/c1-21-10-16-27(17-11-21)37-29(35-36-31(37)39-20-23-12-14-26(33)15-13-23)28(18-22-6-3-2-4-7-22)34-30(38)24-8-5-9-25(32)19-24/h2-17,19,28H,18,20H2,1H3,(H,34,38). The van der Waals surface area contributed by atoms with Gasteiger partial charge in [-0.3, -0.25) is 9.36 Å². The number of halogens is 2. The number of hydrogen-bond donors (Lipinski definition) is 1. The van der Waals surface area contributed by atoms with Crippen LogP contribution in [0.25, 0.3) is 5.69 Å². The van der Waals surface area contributed by atoms with Gasteiger partial charge in [-0.15, -0.1) is 10.2 Å². The summed E-state index contributed by atoms with van der Waals surface area (Å²) >= 11 is 7.66. The Morgan fingerprint density at radius 2 is 1.67 bits per heavy atom. The highest BCUT2D eigenvalue weighted by Crippen LogP contribution is 2.29. The summed E-state index contributed by atoms with van der Waals surface area (Å²) in [4.78, 5) is 13.3. The Morgan fingerprint density at radius 1 is 0.923 bits per heavy atom. The van der Waals surface area contributed by atoms with Gasteiger partial charge in [0.15, 0.2) is 11.0 Å². The van der Waals surface area contributed by atoms with Crippen molar-refractivity contribution >= 4 is 29.3 Å². The normalized spacial score (nSPS) is 11.8. The largest absolute Gasteiger partial charge is 0.342 e. The Hall–Kier alpha value is -3.94. The van der Waals surface area contributed by atoms with Gasteiger partial charge in [-0.1, -0.05) is 89.6 Å². The third kappa shape index (κ3) is 6.74. The maximum atomic E-state index is 13.4. The second-order valence-electron chi connectivity index (χ2n) is 9.15. The van der Waals surface area contributed by atoms with E-state index >= 15 is 0 Å². The molecule has 1 aromatic heterocycles. The maximum Gasteiger partial charge on any atom is 0.251 e. The quantitative estimate of drug-likeness (QED) is 0.192. The monoisotopic (exact) mass is 556 g/mol. The molecule has 1 unspecified atom stereocenters. The molecule has 0 spiro atoms. The molecule has 5 nitrogen and oxygen atoms in total. The third-order valence-electron chi connectivity index (χ3n) is 6.22. The summed E-state index contributed by atoms with van der Waals surface area (Å²) in [6.07, 6.45) is 0.514. The van der Waals surface area contributed by atoms with Gasteiger partial charge in [0, 0.05) is 22.0 Å². The van der Waals surface area contributed by atoms with Crippen LogP contribution >= 0.6 is 23.4 Å². The molecule has 196 valence electrons. The summed E-state index contributed by atoms with van der Waals surface area (Å²) in [5.41, 5.74) is 4.50. The topological polar surface area (TPSA) is 59.8 Å². The molecule has 39 heavy (non-hydrogen) atoms. The summed E-state index contributed by atoms with van der Waals surface area (Å²) in [5, 5.41) is 13.5. The van der Waals surface area contributed by atoms with Crippen molar-refractivity contribution in [2.75, 3.05) is 0 Å². The number of amides is 1. The van der Waals surface area contributed by atoms with Gasteiger partial charge in [0.1, 0.15) is 5.82 Å². The van der Waals surface area contributed by atoms with E-state index in [2.05, 4.69) is 15.5 Å². The maximum absolute atomic E-state index is 13.4. The molecule has 5 rings (SSSR count).